The van der Waals surface area contributed by atoms with Gasteiger partial charge in [0.1, 0.15) is 0 Å². The standard InChI is InChI=1S/C20H25N3O5S2/c1-3-22(4-2)30(27,28)19-13-11-18(12-14-19)29(25,26)21-16-7-9-17(10-8-16)23-15-5-6-20(23)24/h7-14,21H,3-6,15H2,1-2H3. The average molecular weight is 452 g/mol. The zero-order valence-corrected chi connectivity index (χ0v) is 18.5. The number of hydrogen-bond donors (Lipinski definition) is 1. The van der Waals surface area contributed by atoms with Crippen LogP contribution in [0.2, 0.25) is 0 Å². The first kappa shape index (κ1) is 22.3. The van der Waals surface area contributed by atoms with Crippen molar-refractivity contribution in [2.24, 2.45) is 0 Å². The molecule has 1 N–H and O–H groups in total. The summed E-state index contributed by atoms with van der Waals surface area (Å²) in [5.41, 5.74) is 1.08. The highest BCUT2D eigenvalue weighted by molar-refractivity contribution is 7.92. The summed E-state index contributed by atoms with van der Waals surface area (Å²) in [6, 6.07) is 11.7. The van der Waals surface area contributed by atoms with Gasteiger partial charge in [-0.1, -0.05) is 13.8 Å². The van der Waals surface area contributed by atoms with Crippen molar-refractivity contribution < 1.29 is 21.6 Å². The number of nitrogens with one attached hydrogen (secondary N) is 1. The van der Waals surface area contributed by atoms with Crippen molar-refractivity contribution in [3.8, 4) is 0 Å². The van der Waals surface area contributed by atoms with Gasteiger partial charge in [-0.15, -0.1) is 0 Å². The van der Waals surface area contributed by atoms with Crippen molar-refractivity contribution in [1.82, 2.24) is 4.31 Å². The molecule has 8 nitrogen and oxygen atoms in total. The SMILES string of the molecule is CCN(CC)S(=O)(=O)c1ccc(S(=O)(=O)Nc2ccc(N3CCCC3=O)cc2)cc1. The van der Waals surface area contributed by atoms with Crippen molar-refractivity contribution >= 4 is 37.3 Å². The predicted octanol–water partition coefficient (Wildman–Crippen LogP) is 2.64. The van der Waals surface area contributed by atoms with E-state index >= 15 is 0 Å². The number of nitrogens with zero attached hydrogens (tertiary/aromatic N) is 2. The maximum absolute atomic E-state index is 12.7. The molecule has 0 atom stereocenters. The van der Waals surface area contributed by atoms with E-state index in [9.17, 15) is 21.6 Å². The van der Waals surface area contributed by atoms with E-state index in [1.807, 2.05) is 0 Å². The van der Waals surface area contributed by atoms with E-state index in [1.54, 1.807) is 43.0 Å². The van der Waals surface area contributed by atoms with E-state index < -0.39 is 20.0 Å². The van der Waals surface area contributed by atoms with Crippen LogP contribution in [-0.4, -0.2) is 46.7 Å². The molecule has 30 heavy (non-hydrogen) atoms. The summed E-state index contributed by atoms with van der Waals surface area (Å²) in [6.07, 6.45) is 1.33. The highest BCUT2D eigenvalue weighted by Gasteiger charge is 2.24. The Morgan fingerprint density at radius 1 is 0.900 bits per heavy atom. The highest BCUT2D eigenvalue weighted by Crippen LogP contribution is 2.25. The van der Waals surface area contributed by atoms with Crippen molar-refractivity contribution in [2.75, 3.05) is 29.3 Å². The normalized spacial score (nSPS) is 15.0. The summed E-state index contributed by atoms with van der Waals surface area (Å²) in [5.74, 6) is 0.0584. The molecule has 1 saturated heterocycles. The van der Waals surface area contributed by atoms with E-state index in [4.69, 9.17) is 0 Å². The van der Waals surface area contributed by atoms with Gasteiger partial charge in [-0.2, -0.15) is 4.31 Å². The molecule has 1 aliphatic rings. The molecule has 162 valence electrons. The highest BCUT2D eigenvalue weighted by atomic mass is 32.2. The lowest BCUT2D eigenvalue weighted by molar-refractivity contribution is -0.117. The van der Waals surface area contributed by atoms with Crippen LogP contribution in [0.15, 0.2) is 58.3 Å². The molecule has 2 aromatic carbocycles. The minimum Gasteiger partial charge on any atom is -0.312 e. The Bertz CT molecular complexity index is 1110. The van der Waals surface area contributed by atoms with Crippen molar-refractivity contribution in [2.45, 2.75) is 36.5 Å². The quantitative estimate of drug-likeness (QED) is 0.664. The van der Waals surface area contributed by atoms with Crippen LogP contribution in [0, 0.1) is 0 Å². The Morgan fingerprint density at radius 2 is 1.47 bits per heavy atom. The van der Waals surface area contributed by atoms with Crippen LogP contribution in [0.25, 0.3) is 0 Å². The molecule has 0 unspecified atom stereocenters. The third-order valence-electron chi connectivity index (χ3n) is 4.98. The molecule has 1 fully saturated rings. The number of benzene rings is 2. The molecule has 0 spiro atoms. The van der Waals surface area contributed by atoms with Crippen LogP contribution in [0.1, 0.15) is 26.7 Å². The first-order chi connectivity index (χ1) is 14.2. The van der Waals surface area contributed by atoms with E-state index in [0.717, 1.165) is 12.1 Å². The number of rotatable bonds is 8. The van der Waals surface area contributed by atoms with Crippen molar-refractivity contribution in [1.29, 1.82) is 0 Å². The Morgan fingerprint density at radius 3 is 1.97 bits per heavy atom. The first-order valence-electron chi connectivity index (χ1n) is 9.72. The second kappa shape index (κ2) is 8.75. The fourth-order valence-electron chi connectivity index (χ4n) is 3.35. The second-order valence-corrected chi connectivity index (χ2v) is 10.5. The first-order valence-corrected chi connectivity index (χ1v) is 12.6. The maximum Gasteiger partial charge on any atom is 0.261 e. The zero-order valence-electron chi connectivity index (χ0n) is 16.9. The second-order valence-electron chi connectivity index (χ2n) is 6.86. The summed E-state index contributed by atoms with van der Waals surface area (Å²) >= 11 is 0. The minimum atomic E-state index is -3.89. The average Bonchev–Trinajstić information content (AvgIpc) is 3.15. The molecule has 0 radical (unpaired) electrons. The Balaban J connectivity index is 1.76. The number of amides is 1. The van der Waals surface area contributed by atoms with Gasteiger partial charge in [-0.25, -0.2) is 16.8 Å². The van der Waals surface area contributed by atoms with Crippen LogP contribution in [0.3, 0.4) is 0 Å². The summed E-state index contributed by atoms with van der Waals surface area (Å²) in [5, 5.41) is 0. The maximum atomic E-state index is 12.7. The van der Waals surface area contributed by atoms with Crippen LogP contribution in [0.5, 0.6) is 0 Å². The molecule has 2 aromatic rings. The lowest BCUT2D eigenvalue weighted by Crippen LogP contribution is -2.30. The lowest BCUT2D eigenvalue weighted by Gasteiger charge is -2.18. The van der Waals surface area contributed by atoms with Crippen molar-refractivity contribution in [3.05, 3.63) is 48.5 Å². The van der Waals surface area contributed by atoms with Gasteiger partial charge in [-0.3, -0.25) is 9.52 Å². The summed E-state index contributed by atoms with van der Waals surface area (Å²) < 4.78 is 54.2. The van der Waals surface area contributed by atoms with Crippen LogP contribution < -0.4 is 9.62 Å². The number of carbonyl (C=O) groups is 1. The van der Waals surface area contributed by atoms with Crippen LogP contribution in [-0.2, 0) is 24.8 Å². The molecule has 10 heteroatoms. The fraction of sp³-hybridized carbons (Fsp3) is 0.350. The lowest BCUT2D eigenvalue weighted by atomic mass is 10.2. The molecule has 0 aromatic heterocycles. The molecule has 1 heterocycles. The smallest absolute Gasteiger partial charge is 0.261 e. The molecule has 0 bridgehead atoms. The van der Waals surface area contributed by atoms with Gasteiger partial charge >= 0.3 is 0 Å². The van der Waals surface area contributed by atoms with Gasteiger partial charge in [0.15, 0.2) is 0 Å². The van der Waals surface area contributed by atoms with Gasteiger partial charge in [0.05, 0.1) is 9.79 Å². The van der Waals surface area contributed by atoms with E-state index in [2.05, 4.69) is 4.72 Å². The van der Waals surface area contributed by atoms with E-state index in [1.165, 1.54) is 28.6 Å². The minimum absolute atomic E-state index is 0.0419. The zero-order chi connectivity index (χ0) is 21.9. The number of hydrogen-bond acceptors (Lipinski definition) is 5. The molecule has 0 saturated carbocycles. The number of carbonyl (C=O) groups excluding carboxylic acids is 1. The van der Waals surface area contributed by atoms with E-state index in [-0.39, 0.29) is 15.7 Å². The van der Waals surface area contributed by atoms with Gasteiger partial charge in [0.2, 0.25) is 15.9 Å². The largest absolute Gasteiger partial charge is 0.312 e. The predicted molar refractivity (Wildman–Crippen MR) is 115 cm³/mol. The van der Waals surface area contributed by atoms with Gasteiger partial charge in [-0.05, 0) is 55.0 Å². The third-order valence-corrected chi connectivity index (χ3v) is 8.44. The monoisotopic (exact) mass is 451 g/mol. The summed E-state index contributed by atoms with van der Waals surface area (Å²) in [6.45, 7) is 4.81. The fourth-order valence-corrected chi connectivity index (χ4v) is 5.86. The summed E-state index contributed by atoms with van der Waals surface area (Å²) in [7, 11) is -7.54. The topological polar surface area (TPSA) is 104 Å². The third kappa shape index (κ3) is 4.50. The van der Waals surface area contributed by atoms with Gasteiger partial charge in [0.25, 0.3) is 10.0 Å². The molecule has 1 amide bonds. The van der Waals surface area contributed by atoms with Crippen molar-refractivity contribution in [3.63, 3.8) is 0 Å². The molecular weight excluding hydrogens is 426 g/mol. The number of sulfonamides is 2. The van der Waals surface area contributed by atoms with Crippen LogP contribution >= 0.6 is 0 Å². The molecule has 1 aliphatic heterocycles. The Labute approximate surface area is 177 Å². The Hall–Kier alpha value is -2.43. The number of anilines is 2. The summed E-state index contributed by atoms with van der Waals surface area (Å²) in [4.78, 5) is 13.5. The van der Waals surface area contributed by atoms with Crippen LogP contribution in [0.4, 0.5) is 11.4 Å². The van der Waals surface area contributed by atoms with Gasteiger partial charge < -0.3 is 4.90 Å². The Kier molecular flexibility index (Phi) is 6.49. The van der Waals surface area contributed by atoms with E-state index in [0.29, 0.717) is 31.7 Å². The molecule has 3 rings (SSSR count). The molecular formula is C20H25N3O5S2. The molecule has 0 aliphatic carbocycles. The van der Waals surface area contributed by atoms with Gasteiger partial charge in [0, 0.05) is 37.4 Å².